The number of hydrogen-bond acceptors (Lipinski definition) is 4. The highest BCUT2D eigenvalue weighted by Gasteiger charge is 2.40. The first-order valence-electron chi connectivity index (χ1n) is 11.2. The average Bonchev–Trinajstić information content (AvgIpc) is 3.17. The summed E-state index contributed by atoms with van der Waals surface area (Å²) in [5.41, 5.74) is 3.85. The van der Waals surface area contributed by atoms with Crippen molar-refractivity contribution < 1.29 is 9.59 Å². The number of hydrogen-bond donors (Lipinski definition) is 1. The molecular weight excluding hydrogens is 522 g/mol. The average molecular weight is 546 g/mol. The molecule has 1 N–H and O–H groups in total. The Balaban J connectivity index is 1.61. The van der Waals surface area contributed by atoms with Crippen molar-refractivity contribution in [2.24, 2.45) is 0 Å². The second-order valence-electron chi connectivity index (χ2n) is 8.23. The van der Waals surface area contributed by atoms with Gasteiger partial charge in [0.1, 0.15) is 16.7 Å². The fourth-order valence-corrected chi connectivity index (χ4v) is 5.38. The lowest BCUT2D eigenvalue weighted by Gasteiger charge is -2.19. The topological polar surface area (TPSA) is 73.2 Å². The number of carbonyl (C=O) groups excluding carboxylic acids is 2. The zero-order valence-electron chi connectivity index (χ0n) is 19.2. The number of rotatable bonds is 7. The molecule has 0 radical (unpaired) electrons. The van der Waals surface area contributed by atoms with E-state index in [0.717, 1.165) is 21.2 Å². The van der Waals surface area contributed by atoms with Gasteiger partial charge >= 0.3 is 0 Å². The molecule has 0 spiro atoms. The molecule has 0 unspecified atom stereocenters. The molecule has 3 aromatic carbocycles. The second kappa shape index (κ2) is 11.4. The van der Waals surface area contributed by atoms with Gasteiger partial charge in [0, 0.05) is 16.7 Å². The minimum Gasteiger partial charge on any atom is -0.351 e. The number of nitriles is 1. The zero-order chi connectivity index (χ0) is 24.8. The summed E-state index contributed by atoms with van der Waals surface area (Å²) in [6.45, 7) is 2.41. The van der Waals surface area contributed by atoms with Crippen molar-refractivity contribution in [1.29, 1.82) is 5.26 Å². The highest BCUT2D eigenvalue weighted by molar-refractivity contribution is 9.10. The Kier molecular flexibility index (Phi) is 8.06. The Morgan fingerprint density at radius 1 is 1.03 bits per heavy atom. The number of thioether (sulfide) groups is 1. The van der Waals surface area contributed by atoms with Crippen LogP contribution in [0.25, 0.3) is 0 Å². The van der Waals surface area contributed by atoms with Crippen molar-refractivity contribution in [2.75, 3.05) is 11.4 Å². The van der Waals surface area contributed by atoms with Crippen molar-refractivity contribution >= 4 is 45.2 Å². The van der Waals surface area contributed by atoms with Crippen LogP contribution in [0.5, 0.6) is 0 Å². The summed E-state index contributed by atoms with van der Waals surface area (Å²) in [7, 11) is 0. The van der Waals surface area contributed by atoms with Crippen molar-refractivity contribution in [1.82, 2.24) is 5.32 Å². The van der Waals surface area contributed by atoms with E-state index in [0.29, 0.717) is 30.1 Å². The van der Waals surface area contributed by atoms with Gasteiger partial charge in [-0.25, -0.2) is 0 Å². The van der Waals surface area contributed by atoms with E-state index < -0.39 is 11.2 Å². The van der Waals surface area contributed by atoms with E-state index in [2.05, 4.69) is 27.3 Å². The highest BCUT2D eigenvalue weighted by Crippen LogP contribution is 2.42. The van der Waals surface area contributed by atoms with Crippen LogP contribution in [0.3, 0.4) is 0 Å². The minimum atomic E-state index is -0.475. The smallest absolute Gasteiger partial charge is 0.264 e. The van der Waals surface area contributed by atoms with Crippen molar-refractivity contribution in [3.05, 3.63) is 111 Å². The van der Waals surface area contributed by atoms with Crippen LogP contribution in [0.4, 0.5) is 5.69 Å². The number of halogens is 1. The molecule has 35 heavy (non-hydrogen) atoms. The number of aryl methyl sites for hydroxylation is 1. The predicted octanol–water partition coefficient (Wildman–Crippen LogP) is 5.54. The van der Waals surface area contributed by atoms with Crippen LogP contribution in [0.1, 0.15) is 16.7 Å². The van der Waals surface area contributed by atoms with Gasteiger partial charge in [-0.1, -0.05) is 87.9 Å². The molecule has 1 aliphatic heterocycles. The Bertz CT molecular complexity index is 1280. The summed E-state index contributed by atoms with van der Waals surface area (Å²) in [5, 5.41) is 12.7. The van der Waals surface area contributed by atoms with E-state index >= 15 is 0 Å². The maximum Gasteiger partial charge on any atom is 0.264 e. The van der Waals surface area contributed by atoms with Gasteiger partial charge in [-0.15, -0.1) is 0 Å². The van der Waals surface area contributed by atoms with E-state index in [-0.39, 0.29) is 11.5 Å². The van der Waals surface area contributed by atoms with Gasteiger partial charge in [0.15, 0.2) is 0 Å². The number of anilines is 1. The second-order valence-corrected chi connectivity index (χ2v) is 10.3. The maximum atomic E-state index is 13.5. The Hall–Kier alpha value is -3.34. The molecular formula is C28H24BrN3O2S. The lowest BCUT2D eigenvalue weighted by atomic mass is 10.1. The summed E-state index contributed by atoms with van der Waals surface area (Å²) in [6, 6.07) is 27.2. The monoisotopic (exact) mass is 545 g/mol. The summed E-state index contributed by atoms with van der Waals surface area (Å²) in [6.07, 6.45) is 1.16. The molecule has 7 heteroatoms. The first-order valence-corrected chi connectivity index (χ1v) is 12.9. The molecule has 0 aromatic heterocycles. The number of amides is 2. The quantitative estimate of drug-likeness (QED) is 0.312. The summed E-state index contributed by atoms with van der Waals surface area (Å²) >= 11 is 4.70. The van der Waals surface area contributed by atoms with Crippen molar-refractivity contribution in [3.8, 4) is 6.07 Å². The fraction of sp³-hybridized carbons (Fsp3) is 0.179. The molecule has 5 nitrogen and oxygen atoms in total. The van der Waals surface area contributed by atoms with E-state index in [9.17, 15) is 14.9 Å². The molecule has 2 amide bonds. The Morgan fingerprint density at radius 3 is 2.37 bits per heavy atom. The lowest BCUT2D eigenvalue weighted by molar-refractivity contribution is -0.117. The fourth-order valence-electron chi connectivity index (χ4n) is 3.80. The van der Waals surface area contributed by atoms with Crippen molar-refractivity contribution in [2.45, 2.75) is 25.0 Å². The summed E-state index contributed by atoms with van der Waals surface area (Å²) in [5.74, 6) is -0.616. The third kappa shape index (κ3) is 6.02. The molecule has 4 rings (SSSR count). The van der Waals surface area contributed by atoms with E-state index in [4.69, 9.17) is 0 Å². The molecule has 0 bridgehead atoms. The molecule has 1 aliphatic rings. The molecule has 3 aromatic rings. The van der Waals surface area contributed by atoms with Gasteiger partial charge in [0.25, 0.3) is 5.91 Å². The molecule has 0 saturated carbocycles. The Morgan fingerprint density at radius 2 is 1.71 bits per heavy atom. The zero-order valence-corrected chi connectivity index (χ0v) is 21.6. The SMILES string of the molecule is Cc1ccc(C[C@@H]2S/C(=C(/C#N)C(=O)NCCc3ccccc3)N(c3ccc(Br)cc3)C2=O)cc1. The van der Waals surface area contributed by atoms with Crippen LogP contribution in [-0.2, 0) is 22.4 Å². The maximum absolute atomic E-state index is 13.5. The van der Waals surface area contributed by atoms with Crippen LogP contribution in [0, 0.1) is 18.3 Å². The van der Waals surface area contributed by atoms with Gasteiger partial charge in [0.2, 0.25) is 5.91 Å². The largest absolute Gasteiger partial charge is 0.351 e. The van der Waals surface area contributed by atoms with E-state index in [1.54, 1.807) is 12.1 Å². The molecule has 1 saturated heterocycles. The number of nitrogens with zero attached hydrogens (tertiary/aromatic N) is 2. The van der Waals surface area contributed by atoms with Gasteiger partial charge in [-0.2, -0.15) is 5.26 Å². The normalized spacial score (nSPS) is 16.7. The molecule has 0 aliphatic carbocycles. The first-order chi connectivity index (χ1) is 17.0. The van der Waals surface area contributed by atoms with Gasteiger partial charge in [-0.05, 0) is 55.2 Å². The van der Waals surface area contributed by atoms with Crippen LogP contribution >= 0.6 is 27.7 Å². The summed E-state index contributed by atoms with van der Waals surface area (Å²) < 4.78 is 0.876. The predicted molar refractivity (Wildman–Crippen MR) is 144 cm³/mol. The van der Waals surface area contributed by atoms with E-state index in [1.165, 1.54) is 16.7 Å². The highest BCUT2D eigenvalue weighted by atomic mass is 79.9. The van der Waals surface area contributed by atoms with Crippen LogP contribution in [0.15, 0.2) is 93.9 Å². The third-order valence-corrected chi connectivity index (χ3v) is 7.47. The van der Waals surface area contributed by atoms with Gasteiger partial charge in [0.05, 0.1) is 5.25 Å². The molecule has 176 valence electrons. The third-order valence-electron chi connectivity index (χ3n) is 5.67. The van der Waals surface area contributed by atoms with Gasteiger partial charge < -0.3 is 5.32 Å². The number of nitrogens with one attached hydrogen (secondary N) is 1. The lowest BCUT2D eigenvalue weighted by Crippen LogP contribution is -2.32. The van der Waals surface area contributed by atoms with E-state index in [1.807, 2.05) is 73.7 Å². The van der Waals surface area contributed by atoms with Crippen LogP contribution in [-0.4, -0.2) is 23.6 Å². The van der Waals surface area contributed by atoms with Crippen molar-refractivity contribution in [3.63, 3.8) is 0 Å². The first kappa shape index (κ1) is 24.8. The Labute approximate surface area is 218 Å². The van der Waals surface area contributed by atoms with Gasteiger partial charge in [-0.3, -0.25) is 14.5 Å². The number of benzene rings is 3. The van der Waals surface area contributed by atoms with Crippen LogP contribution in [0.2, 0.25) is 0 Å². The minimum absolute atomic E-state index is 0.0502. The summed E-state index contributed by atoms with van der Waals surface area (Å²) in [4.78, 5) is 28.1. The standard InChI is InChI=1S/C28H24BrN3O2S/c1-19-7-9-21(10-8-19)17-25-27(34)32(23-13-11-22(29)12-14-23)28(35-25)24(18-30)26(33)31-16-15-20-5-3-2-4-6-20/h2-14,25H,15-17H2,1H3,(H,31,33)/b28-24-/t25-/m0/s1. The molecule has 1 fully saturated rings. The molecule has 1 heterocycles. The number of carbonyl (C=O) groups is 2. The van der Waals surface area contributed by atoms with Crippen LogP contribution < -0.4 is 10.2 Å². The molecule has 1 atom stereocenters.